The molecule has 6 rings (SSSR count). The lowest BCUT2D eigenvalue weighted by Crippen LogP contribution is -2.41. The Kier molecular flexibility index (Phi) is 7.88. The third kappa shape index (κ3) is 5.52. The molecule has 1 amide bonds. The van der Waals surface area contributed by atoms with Crippen molar-refractivity contribution >= 4 is 22.5 Å². The fourth-order valence-corrected chi connectivity index (χ4v) is 7.03. The summed E-state index contributed by atoms with van der Waals surface area (Å²) in [5, 5.41) is 19.0. The van der Waals surface area contributed by atoms with Crippen LogP contribution < -0.4 is 5.32 Å². The van der Waals surface area contributed by atoms with Crippen LogP contribution in [0.5, 0.6) is 0 Å². The summed E-state index contributed by atoms with van der Waals surface area (Å²) >= 11 is 0. The summed E-state index contributed by atoms with van der Waals surface area (Å²) in [4.78, 5) is 23.2. The molecule has 1 aromatic carbocycles. The highest BCUT2D eigenvalue weighted by molar-refractivity contribution is 5.92. The highest BCUT2D eigenvalue weighted by atomic mass is 16.3. The normalized spacial score (nSPS) is 20.5. The molecule has 0 atom stereocenters. The Balaban J connectivity index is 1.15. The number of hydrogen-bond donors (Lipinski definition) is 3. The van der Waals surface area contributed by atoms with Gasteiger partial charge < -0.3 is 20.3 Å². The lowest BCUT2D eigenvalue weighted by molar-refractivity contribution is -0.132. The van der Waals surface area contributed by atoms with Gasteiger partial charge >= 0.3 is 0 Å². The van der Waals surface area contributed by atoms with E-state index in [2.05, 4.69) is 77.4 Å². The number of nitrogens with one attached hydrogen (secondary N) is 2. The maximum absolute atomic E-state index is 12.9. The van der Waals surface area contributed by atoms with E-state index in [4.69, 9.17) is 0 Å². The summed E-state index contributed by atoms with van der Waals surface area (Å²) in [5.41, 5.74) is 9.50. The van der Waals surface area contributed by atoms with Gasteiger partial charge in [0.15, 0.2) is 5.65 Å². The van der Waals surface area contributed by atoms with E-state index >= 15 is 0 Å². The van der Waals surface area contributed by atoms with Gasteiger partial charge in [0.25, 0.3) is 0 Å². The Hall–Kier alpha value is -3.23. The van der Waals surface area contributed by atoms with E-state index < -0.39 is 0 Å². The van der Waals surface area contributed by atoms with E-state index in [1.54, 1.807) is 6.33 Å². The van der Waals surface area contributed by atoms with Crippen LogP contribution in [0.25, 0.3) is 27.8 Å². The Bertz CT molecular complexity index is 1540. The molecule has 2 aliphatic rings. The van der Waals surface area contributed by atoms with Crippen molar-refractivity contribution in [2.24, 2.45) is 0 Å². The summed E-state index contributed by atoms with van der Waals surface area (Å²) in [5.74, 6) is 1.07. The van der Waals surface area contributed by atoms with Crippen LogP contribution in [0, 0.1) is 13.8 Å². The van der Waals surface area contributed by atoms with Crippen molar-refractivity contribution in [3.8, 4) is 11.3 Å². The molecule has 4 aromatic rings. The van der Waals surface area contributed by atoms with Crippen molar-refractivity contribution < 1.29 is 9.90 Å². The van der Waals surface area contributed by atoms with Crippen LogP contribution in [0.2, 0.25) is 0 Å². The number of carbonyl (C=O) groups excluding carboxylic acids is 1. The molecular weight excluding hydrogens is 512 g/mol. The highest BCUT2D eigenvalue weighted by Crippen LogP contribution is 2.40. The lowest BCUT2D eigenvalue weighted by atomic mass is 9.87. The van der Waals surface area contributed by atoms with Crippen LogP contribution in [-0.4, -0.2) is 67.3 Å². The first-order valence-corrected chi connectivity index (χ1v) is 15.4. The zero-order chi connectivity index (χ0) is 28.7. The van der Waals surface area contributed by atoms with Gasteiger partial charge in [-0.05, 0) is 98.6 Å². The molecule has 3 aromatic heterocycles. The number of rotatable bonds is 7. The number of benzene rings is 1. The van der Waals surface area contributed by atoms with Gasteiger partial charge in [0.1, 0.15) is 6.33 Å². The Morgan fingerprint density at radius 2 is 1.85 bits per heavy atom. The van der Waals surface area contributed by atoms with E-state index in [1.807, 2.05) is 4.52 Å². The average Bonchev–Trinajstić information content (AvgIpc) is 3.60. The molecule has 4 heterocycles. The second kappa shape index (κ2) is 11.6. The number of nitrogens with zero attached hydrogens (tertiary/aromatic N) is 4. The molecule has 1 aliphatic heterocycles. The summed E-state index contributed by atoms with van der Waals surface area (Å²) in [6, 6.07) is 7.35. The predicted octanol–water partition coefficient (Wildman–Crippen LogP) is 5.61. The van der Waals surface area contributed by atoms with Gasteiger partial charge in [0, 0.05) is 54.8 Å². The zero-order valence-corrected chi connectivity index (χ0v) is 24.9. The second-order valence-corrected chi connectivity index (χ2v) is 12.6. The maximum atomic E-state index is 12.9. The molecule has 1 saturated carbocycles. The van der Waals surface area contributed by atoms with Gasteiger partial charge in [-0.3, -0.25) is 4.79 Å². The number of amides is 1. The lowest BCUT2D eigenvalue weighted by Gasteiger charge is -2.33. The molecule has 0 radical (unpaired) electrons. The minimum absolute atomic E-state index is 0.142. The van der Waals surface area contributed by atoms with Crippen molar-refractivity contribution in [3.05, 3.63) is 53.0 Å². The summed E-state index contributed by atoms with van der Waals surface area (Å²) in [6.07, 6.45) is 9.87. The molecule has 218 valence electrons. The molecule has 3 N–H and O–H groups in total. The van der Waals surface area contributed by atoms with E-state index in [9.17, 15) is 9.90 Å². The van der Waals surface area contributed by atoms with Crippen LogP contribution in [0.3, 0.4) is 0 Å². The summed E-state index contributed by atoms with van der Waals surface area (Å²) in [6.45, 7) is 11.2. The molecular formula is C33H44N6O2. The summed E-state index contributed by atoms with van der Waals surface area (Å²) in [7, 11) is 0. The third-order valence-corrected chi connectivity index (χ3v) is 9.62. The quantitative estimate of drug-likeness (QED) is 0.275. The van der Waals surface area contributed by atoms with Gasteiger partial charge in [-0.25, -0.2) is 9.50 Å². The first-order valence-electron chi connectivity index (χ1n) is 15.4. The summed E-state index contributed by atoms with van der Waals surface area (Å²) < 4.78 is 1.88. The molecule has 0 bridgehead atoms. The molecule has 2 fully saturated rings. The number of H-pyrrole nitrogens is 1. The minimum Gasteiger partial charge on any atom is -0.393 e. The molecule has 0 unspecified atom stereocenters. The maximum Gasteiger partial charge on any atom is 0.223 e. The van der Waals surface area contributed by atoms with Gasteiger partial charge in [0.05, 0.1) is 11.8 Å². The number of aliphatic hydroxyl groups excluding tert-OH is 1. The van der Waals surface area contributed by atoms with Crippen molar-refractivity contribution in [2.45, 2.75) is 96.6 Å². The average molecular weight is 557 g/mol. The fourth-order valence-electron chi connectivity index (χ4n) is 7.03. The monoisotopic (exact) mass is 556 g/mol. The second-order valence-electron chi connectivity index (χ2n) is 12.6. The number of likely N-dealkylation sites (tertiary alicyclic amines) is 1. The van der Waals surface area contributed by atoms with Gasteiger partial charge in [0.2, 0.25) is 5.91 Å². The fraction of sp³-hybridized carbons (Fsp3) is 0.545. The van der Waals surface area contributed by atoms with Crippen molar-refractivity contribution in [1.29, 1.82) is 0 Å². The molecule has 41 heavy (non-hydrogen) atoms. The number of piperidine rings is 1. The smallest absolute Gasteiger partial charge is 0.223 e. The van der Waals surface area contributed by atoms with E-state index in [0.29, 0.717) is 24.3 Å². The number of fused-ring (bicyclic) bond motifs is 2. The molecule has 8 nitrogen and oxygen atoms in total. The first kappa shape index (κ1) is 27.9. The van der Waals surface area contributed by atoms with E-state index in [1.165, 1.54) is 33.3 Å². The number of aromatic nitrogens is 4. The molecule has 0 spiro atoms. The number of aliphatic hydroxyl groups is 1. The van der Waals surface area contributed by atoms with Crippen molar-refractivity contribution in [1.82, 2.24) is 29.8 Å². The van der Waals surface area contributed by atoms with Crippen molar-refractivity contribution in [3.63, 3.8) is 0 Å². The molecule has 8 heteroatoms. The van der Waals surface area contributed by atoms with Crippen LogP contribution in [0.15, 0.2) is 30.7 Å². The van der Waals surface area contributed by atoms with Crippen LogP contribution in [0.4, 0.5) is 0 Å². The SMILES string of the molecule is Cc1c(-c2[nH]c3ccc(C4CCN(C(=O)CCNC5CCC(O)CC5)CC4)cc3c2C(C)C)cn2ncnc2c1C. The Labute approximate surface area is 242 Å². The van der Waals surface area contributed by atoms with E-state index in [0.717, 1.165) is 74.9 Å². The standard InChI is InChI=1S/C33H44N6O2/c1-20(2)31-27-17-24(5-10-29(27)37-32(31)28-18-39-33(35-19-36-39)22(4)21(28)3)23-12-15-38(16-13-23)30(41)11-14-34-25-6-8-26(40)9-7-25/h5,10,17-20,23,25-26,34,37,40H,6-9,11-16H2,1-4H3. The zero-order valence-electron chi connectivity index (χ0n) is 24.9. The Morgan fingerprint density at radius 1 is 1.10 bits per heavy atom. The minimum atomic E-state index is -0.142. The molecule has 1 aliphatic carbocycles. The van der Waals surface area contributed by atoms with Gasteiger partial charge in [-0.1, -0.05) is 19.9 Å². The molecule has 1 saturated heterocycles. The number of aromatic amines is 1. The van der Waals surface area contributed by atoms with Crippen LogP contribution >= 0.6 is 0 Å². The van der Waals surface area contributed by atoms with E-state index in [-0.39, 0.29) is 12.0 Å². The number of pyridine rings is 1. The van der Waals surface area contributed by atoms with Crippen LogP contribution in [-0.2, 0) is 4.79 Å². The predicted molar refractivity (Wildman–Crippen MR) is 163 cm³/mol. The number of carbonyl (C=O) groups is 1. The van der Waals surface area contributed by atoms with Gasteiger partial charge in [-0.15, -0.1) is 0 Å². The topological polar surface area (TPSA) is 98.5 Å². The largest absolute Gasteiger partial charge is 0.393 e. The first-order chi connectivity index (χ1) is 19.8. The third-order valence-electron chi connectivity index (χ3n) is 9.62. The highest BCUT2D eigenvalue weighted by Gasteiger charge is 2.26. The number of hydrogen-bond acceptors (Lipinski definition) is 5. The Morgan fingerprint density at radius 3 is 2.59 bits per heavy atom. The van der Waals surface area contributed by atoms with Crippen LogP contribution in [0.1, 0.15) is 92.9 Å². The van der Waals surface area contributed by atoms with Gasteiger partial charge in [-0.2, -0.15) is 5.10 Å². The number of aryl methyl sites for hydroxylation is 1. The van der Waals surface area contributed by atoms with Crippen molar-refractivity contribution in [2.75, 3.05) is 19.6 Å².